The summed E-state index contributed by atoms with van der Waals surface area (Å²) in [6.07, 6.45) is 5.47. The molecule has 0 saturated heterocycles. The van der Waals surface area contributed by atoms with Crippen LogP contribution < -0.4 is 5.73 Å². The Kier molecular flexibility index (Phi) is 3.67. The molecule has 4 heteroatoms. The number of rotatable bonds is 3. The summed E-state index contributed by atoms with van der Waals surface area (Å²) < 4.78 is 0.734. The first-order chi connectivity index (χ1) is 7.60. The number of carbonyl (C=O) groups is 1. The molecular weight excluding hydrogens is 242 g/mol. The lowest BCUT2D eigenvalue weighted by atomic mass is 9.78. The molecule has 1 saturated carbocycles. The van der Waals surface area contributed by atoms with Crippen molar-refractivity contribution in [3.8, 4) is 0 Å². The molecule has 0 radical (unpaired) electrons. The second-order valence-corrected chi connectivity index (χ2v) is 6.32. The molecule has 1 aromatic rings. The summed E-state index contributed by atoms with van der Waals surface area (Å²) in [6.45, 7) is 0. The summed E-state index contributed by atoms with van der Waals surface area (Å²) in [5.41, 5.74) is 5.60. The zero-order valence-corrected chi connectivity index (χ0v) is 10.7. The van der Waals surface area contributed by atoms with E-state index in [1.807, 2.05) is 12.1 Å². The van der Waals surface area contributed by atoms with E-state index in [1.165, 1.54) is 17.8 Å². The molecule has 16 heavy (non-hydrogen) atoms. The van der Waals surface area contributed by atoms with E-state index in [0.29, 0.717) is 6.42 Å². The second-order valence-electron chi connectivity index (χ2n) is 4.52. The summed E-state index contributed by atoms with van der Waals surface area (Å²) in [6, 6.07) is 3.75. The molecule has 1 aliphatic carbocycles. The van der Waals surface area contributed by atoms with Crippen molar-refractivity contribution in [3.63, 3.8) is 0 Å². The van der Waals surface area contributed by atoms with E-state index in [0.717, 1.165) is 34.9 Å². The molecule has 0 amide bonds. The first-order valence-electron chi connectivity index (χ1n) is 5.66. The van der Waals surface area contributed by atoms with Crippen molar-refractivity contribution in [2.24, 2.45) is 5.73 Å². The van der Waals surface area contributed by atoms with Crippen LogP contribution in [-0.2, 0) is 11.2 Å². The van der Waals surface area contributed by atoms with Gasteiger partial charge in [-0.3, -0.25) is 4.79 Å². The van der Waals surface area contributed by atoms with Gasteiger partial charge in [0.05, 0.1) is 9.88 Å². The Balaban J connectivity index is 2.01. The molecule has 2 rings (SSSR count). The highest BCUT2D eigenvalue weighted by molar-refractivity contribution is 7.16. The lowest BCUT2D eigenvalue weighted by molar-refractivity contribution is -0.124. The maximum Gasteiger partial charge on any atom is 0.157 e. The van der Waals surface area contributed by atoms with Crippen LogP contribution in [0.5, 0.6) is 0 Å². The van der Waals surface area contributed by atoms with Crippen molar-refractivity contribution in [1.82, 2.24) is 0 Å². The predicted molar refractivity (Wildman–Crippen MR) is 68.0 cm³/mol. The SMILES string of the molecule is NC1(C(=O)Cc2ccc(Cl)s2)CCCCC1. The number of halogens is 1. The van der Waals surface area contributed by atoms with Gasteiger partial charge in [-0.05, 0) is 25.0 Å². The third-order valence-corrected chi connectivity index (χ3v) is 4.50. The number of hydrogen-bond acceptors (Lipinski definition) is 3. The highest BCUT2D eigenvalue weighted by atomic mass is 35.5. The van der Waals surface area contributed by atoms with Gasteiger partial charge in [-0.25, -0.2) is 0 Å². The summed E-state index contributed by atoms with van der Waals surface area (Å²) in [5, 5.41) is 0. The molecule has 1 fully saturated rings. The number of ketones is 1. The van der Waals surface area contributed by atoms with Gasteiger partial charge in [0.15, 0.2) is 5.78 Å². The number of thiophene rings is 1. The first kappa shape index (κ1) is 12.1. The maximum absolute atomic E-state index is 12.1. The van der Waals surface area contributed by atoms with Crippen LogP contribution >= 0.6 is 22.9 Å². The first-order valence-corrected chi connectivity index (χ1v) is 6.86. The van der Waals surface area contributed by atoms with Crippen molar-refractivity contribution in [1.29, 1.82) is 0 Å². The third kappa shape index (κ3) is 2.65. The van der Waals surface area contributed by atoms with Crippen LogP contribution in [0.25, 0.3) is 0 Å². The quantitative estimate of drug-likeness (QED) is 0.904. The average Bonchev–Trinajstić information content (AvgIpc) is 2.65. The molecule has 0 aromatic carbocycles. The van der Waals surface area contributed by atoms with Crippen LogP contribution in [0.2, 0.25) is 4.34 Å². The van der Waals surface area contributed by atoms with Crippen LogP contribution in [0.3, 0.4) is 0 Å². The zero-order chi connectivity index (χ0) is 11.6. The largest absolute Gasteiger partial charge is 0.319 e. The molecule has 0 unspecified atom stereocenters. The van der Waals surface area contributed by atoms with Crippen LogP contribution in [0.1, 0.15) is 37.0 Å². The van der Waals surface area contributed by atoms with E-state index in [1.54, 1.807) is 0 Å². The molecule has 88 valence electrons. The molecule has 0 aliphatic heterocycles. The van der Waals surface area contributed by atoms with Crippen molar-refractivity contribution in [2.45, 2.75) is 44.1 Å². The highest BCUT2D eigenvalue weighted by Gasteiger charge is 2.34. The molecule has 2 nitrogen and oxygen atoms in total. The lowest BCUT2D eigenvalue weighted by Crippen LogP contribution is -2.50. The molecular formula is C12H16ClNOS. The minimum atomic E-state index is -0.575. The van der Waals surface area contributed by atoms with Crippen LogP contribution in [0.15, 0.2) is 12.1 Å². The Labute approximate surface area is 105 Å². The summed E-state index contributed by atoms with van der Waals surface area (Å²) in [4.78, 5) is 13.2. The second kappa shape index (κ2) is 4.86. The Morgan fingerprint density at radius 3 is 2.62 bits per heavy atom. The normalized spacial score (nSPS) is 19.6. The van der Waals surface area contributed by atoms with Gasteiger partial charge in [0.2, 0.25) is 0 Å². The smallest absolute Gasteiger partial charge is 0.157 e. The standard InChI is InChI=1S/C12H16ClNOS/c13-11-5-4-9(16-11)8-10(15)12(14)6-2-1-3-7-12/h4-5H,1-3,6-8,14H2. The minimum absolute atomic E-state index is 0.172. The van der Waals surface area contributed by atoms with Gasteiger partial charge in [0.25, 0.3) is 0 Å². The van der Waals surface area contributed by atoms with Gasteiger partial charge in [-0.1, -0.05) is 30.9 Å². The topological polar surface area (TPSA) is 43.1 Å². The van der Waals surface area contributed by atoms with Gasteiger partial charge in [0.1, 0.15) is 0 Å². The van der Waals surface area contributed by atoms with E-state index in [-0.39, 0.29) is 5.78 Å². The van der Waals surface area contributed by atoms with Gasteiger partial charge < -0.3 is 5.73 Å². The third-order valence-electron chi connectivity index (χ3n) is 3.26. The van der Waals surface area contributed by atoms with E-state index >= 15 is 0 Å². The lowest BCUT2D eigenvalue weighted by Gasteiger charge is -2.31. The molecule has 0 spiro atoms. The van der Waals surface area contributed by atoms with Gasteiger partial charge >= 0.3 is 0 Å². The monoisotopic (exact) mass is 257 g/mol. The fourth-order valence-electron chi connectivity index (χ4n) is 2.24. The van der Waals surface area contributed by atoms with Crippen LogP contribution in [0, 0.1) is 0 Å². The van der Waals surface area contributed by atoms with Crippen LogP contribution in [-0.4, -0.2) is 11.3 Å². The van der Waals surface area contributed by atoms with Crippen molar-refractivity contribution in [2.75, 3.05) is 0 Å². The van der Waals surface area contributed by atoms with Crippen molar-refractivity contribution in [3.05, 3.63) is 21.3 Å². The Hall–Kier alpha value is -0.380. The van der Waals surface area contributed by atoms with Gasteiger partial charge in [-0.2, -0.15) is 0 Å². The Bertz CT molecular complexity index is 382. The average molecular weight is 258 g/mol. The number of Topliss-reactive ketones (excluding diaryl/α,β-unsaturated/α-hetero) is 1. The number of hydrogen-bond donors (Lipinski definition) is 1. The Morgan fingerprint density at radius 2 is 2.06 bits per heavy atom. The molecule has 0 bridgehead atoms. The predicted octanol–water partition coefficient (Wildman–Crippen LogP) is 3.17. The van der Waals surface area contributed by atoms with E-state index in [9.17, 15) is 4.79 Å². The number of carbonyl (C=O) groups excluding carboxylic acids is 1. The zero-order valence-electron chi connectivity index (χ0n) is 9.17. The molecule has 1 heterocycles. The van der Waals surface area contributed by atoms with Gasteiger partial charge in [0, 0.05) is 11.3 Å². The summed E-state index contributed by atoms with van der Waals surface area (Å²) >= 11 is 7.31. The fourth-order valence-corrected chi connectivity index (χ4v) is 3.33. The van der Waals surface area contributed by atoms with Crippen molar-refractivity contribution >= 4 is 28.7 Å². The van der Waals surface area contributed by atoms with E-state index in [4.69, 9.17) is 17.3 Å². The fraction of sp³-hybridized carbons (Fsp3) is 0.583. The molecule has 1 aliphatic rings. The molecule has 1 aromatic heterocycles. The van der Waals surface area contributed by atoms with E-state index in [2.05, 4.69) is 0 Å². The number of nitrogens with two attached hydrogens (primary N) is 1. The summed E-state index contributed by atoms with van der Waals surface area (Å²) in [7, 11) is 0. The van der Waals surface area contributed by atoms with Crippen molar-refractivity contribution < 1.29 is 4.79 Å². The maximum atomic E-state index is 12.1. The Morgan fingerprint density at radius 1 is 1.38 bits per heavy atom. The summed E-state index contributed by atoms with van der Waals surface area (Å²) in [5.74, 6) is 0.172. The van der Waals surface area contributed by atoms with Crippen LogP contribution in [0.4, 0.5) is 0 Å². The minimum Gasteiger partial charge on any atom is -0.319 e. The van der Waals surface area contributed by atoms with E-state index < -0.39 is 5.54 Å². The van der Waals surface area contributed by atoms with Gasteiger partial charge in [-0.15, -0.1) is 11.3 Å². The molecule has 2 N–H and O–H groups in total. The molecule has 0 atom stereocenters. The highest BCUT2D eigenvalue weighted by Crippen LogP contribution is 2.29.